The van der Waals surface area contributed by atoms with Gasteiger partial charge in [-0.05, 0) is 85.9 Å². The first kappa shape index (κ1) is 32.0. The number of phenols is 1. The van der Waals surface area contributed by atoms with Crippen molar-refractivity contribution < 1.29 is 34.8 Å². The second-order valence-electron chi connectivity index (χ2n) is 14.2. The average molecular weight is 629 g/mol. The van der Waals surface area contributed by atoms with Gasteiger partial charge in [-0.2, -0.15) is 0 Å². The number of primary amides is 1. The molecule has 0 spiro atoms. The van der Waals surface area contributed by atoms with Crippen LogP contribution in [0.5, 0.6) is 5.75 Å². The number of amides is 1. The highest BCUT2D eigenvalue weighted by Gasteiger charge is 2.64. The van der Waals surface area contributed by atoms with Gasteiger partial charge in [0.1, 0.15) is 22.8 Å². The molecule has 4 aliphatic rings. The number of nitrogens with zero attached hydrogens (tertiary/aromatic N) is 1. The first-order valence-electron chi connectivity index (χ1n) is 16.4. The molecule has 0 bridgehead atoms. The maximum Gasteiger partial charge on any atom is 0.255 e. The highest BCUT2D eigenvalue weighted by molar-refractivity contribution is 6.24. The standard InChI is InChI=1S/C37H44N2O7/c1-19(15-20-7-5-4-6-8-20)16-21-9-11-22(12-10-21)24-13-14-27(40)29-25(24)17-23-18-26-31(39(2)3)33(42)30(36(38)45)35(44)37(26,46)34(43)28(23)32(29)41/h9-14,19-20,23,26,31,40-41,44,46H,4-8,15-18H2,1-3H3,(H2,38,45)/t19?,23-,26-,31?,37-/m1/s1. The maximum atomic E-state index is 14.1. The summed E-state index contributed by atoms with van der Waals surface area (Å²) < 4.78 is 0. The second kappa shape index (κ2) is 12.0. The number of carbonyl (C=O) groups excluding carboxylic acids is 3. The van der Waals surface area contributed by atoms with Gasteiger partial charge in [-0.3, -0.25) is 19.3 Å². The summed E-state index contributed by atoms with van der Waals surface area (Å²) in [6.45, 7) is 2.32. The number of hydrogen-bond acceptors (Lipinski definition) is 8. The van der Waals surface area contributed by atoms with Crippen molar-refractivity contribution >= 4 is 23.2 Å². The lowest BCUT2D eigenvalue weighted by Gasteiger charge is -2.50. The van der Waals surface area contributed by atoms with Gasteiger partial charge in [0.05, 0.1) is 11.6 Å². The topological polar surface area (TPSA) is 161 Å². The molecule has 6 rings (SSSR count). The van der Waals surface area contributed by atoms with Crippen LogP contribution in [0.2, 0.25) is 0 Å². The van der Waals surface area contributed by atoms with Gasteiger partial charge in [0.15, 0.2) is 11.4 Å². The van der Waals surface area contributed by atoms with Crippen molar-refractivity contribution in [3.63, 3.8) is 0 Å². The lowest BCUT2D eigenvalue weighted by molar-refractivity contribution is -0.153. The Morgan fingerprint density at radius 1 is 1.02 bits per heavy atom. The van der Waals surface area contributed by atoms with Crippen molar-refractivity contribution in [2.24, 2.45) is 29.4 Å². The zero-order valence-electron chi connectivity index (χ0n) is 26.8. The van der Waals surface area contributed by atoms with Crippen LogP contribution in [0.15, 0.2) is 53.3 Å². The smallest absolute Gasteiger partial charge is 0.255 e. The summed E-state index contributed by atoms with van der Waals surface area (Å²) in [5, 5.41) is 45.3. The van der Waals surface area contributed by atoms with Crippen LogP contribution in [0.1, 0.15) is 68.6 Å². The molecule has 2 unspecified atom stereocenters. The number of nitrogens with two attached hydrogens (primary N) is 1. The molecule has 5 atom stereocenters. The summed E-state index contributed by atoms with van der Waals surface area (Å²) in [4.78, 5) is 41.1. The Balaban J connectivity index is 1.35. The fourth-order valence-corrected chi connectivity index (χ4v) is 8.81. The van der Waals surface area contributed by atoms with Crippen LogP contribution in [0, 0.1) is 23.7 Å². The van der Waals surface area contributed by atoms with Crippen molar-refractivity contribution in [3.05, 3.63) is 70.0 Å². The molecule has 1 amide bonds. The zero-order valence-corrected chi connectivity index (χ0v) is 26.8. The summed E-state index contributed by atoms with van der Waals surface area (Å²) in [5.74, 6) is -5.14. The molecular weight excluding hydrogens is 584 g/mol. The van der Waals surface area contributed by atoms with Gasteiger partial charge in [-0.15, -0.1) is 0 Å². The number of Topliss-reactive ketones (excluding diaryl/α,β-unsaturated/α-hetero) is 2. The number of benzene rings is 2. The molecule has 6 N–H and O–H groups in total. The Morgan fingerprint density at radius 2 is 1.70 bits per heavy atom. The predicted molar refractivity (Wildman–Crippen MR) is 174 cm³/mol. The monoisotopic (exact) mass is 628 g/mol. The Kier molecular flexibility index (Phi) is 8.36. The Bertz CT molecular complexity index is 1650. The third-order valence-electron chi connectivity index (χ3n) is 10.9. The fourth-order valence-electron chi connectivity index (χ4n) is 8.81. The van der Waals surface area contributed by atoms with Crippen LogP contribution in [-0.4, -0.2) is 68.5 Å². The van der Waals surface area contributed by atoms with E-state index in [1.165, 1.54) is 55.1 Å². The highest BCUT2D eigenvalue weighted by Crippen LogP contribution is 2.53. The van der Waals surface area contributed by atoms with E-state index in [0.717, 1.165) is 23.5 Å². The first-order valence-corrected chi connectivity index (χ1v) is 16.4. The largest absolute Gasteiger partial charge is 0.508 e. The number of hydrogen-bond donors (Lipinski definition) is 5. The van der Waals surface area contributed by atoms with E-state index in [9.17, 15) is 34.8 Å². The molecule has 2 fully saturated rings. The SMILES string of the molecule is CC(Cc1ccc(-c2ccc(O)c3c2C[C@@H]2C[C@@H]4C(N(C)C)C(=O)C(C(N)=O)=C(O)[C@]4(O)C(=O)C2=C3O)cc1)CC1CCCCC1. The summed E-state index contributed by atoms with van der Waals surface area (Å²) in [7, 11) is 3.17. The molecule has 46 heavy (non-hydrogen) atoms. The van der Waals surface area contributed by atoms with Crippen molar-refractivity contribution in [1.82, 2.24) is 4.90 Å². The molecule has 2 saturated carbocycles. The summed E-state index contributed by atoms with van der Waals surface area (Å²) in [6, 6.07) is 10.5. The van der Waals surface area contributed by atoms with Gasteiger partial charge in [-0.1, -0.05) is 69.4 Å². The molecule has 2 aromatic rings. The highest BCUT2D eigenvalue weighted by atomic mass is 16.3. The summed E-state index contributed by atoms with van der Waals surface area (Å²) >= 11 is 0. The molecule has 9 nitrogen and oxygen atoms in total. The van der Waals surface area contributed by atoms with E-state index >= 15 is 0 Å². The number of aliphatic hydroxyl groups is 3. The van der Waals surface area contributed by atoms with E-state index in [4.69, 9.17) is 5.73 Å². The molecule has 0 saturated heterocycles. The van der Waals surface area contributed by atoms with Crippen molar-refractivity contribution in [1.29, 1.82) is 0 Å². The minimum absolute atomic E-state index is 0.0542. The second-order valence-corrected chi connectivity index (χ2v) is 14.2. The Hall–Kier alpha value is -3.95. The quantitative estimate of drug-likeness (QED) is 0.274. The van der Waals surface area contributed by atoms with Gasteiger partial charge in [0.2, 0.25) is 5.78 Å². The van der Waals surface area contributed by atoms with E-state index in [2.05, 4.69) is 19.1 Å². The molecular formula is C37H44N2O7. The van der Waals surface area contributed by atoms with Crippen LogP contribution >= 0.6 is 0 Å². The zero-order chi connectivity index (χ0) is 33.1. The summed E-state index contributed by atoms with van der Waals surface area (Å²) in [6.07, 6.45) is 9.26. The number of likely N-dealkylation sites (N-methyl/N-ethyl adjacent to an activating group) is 1. The van der Waals surface area contributed by atoms with Crippen LogP contribution in [0.4, 0.5) is 0 Å². The van der Waals surface area contributed by atoms with Crippen molar-refractivity contribution in [2.75, 3.05) is 14.1 Å². The van der Waals surface area contributed by atoms with Gasteiger partial charge in [0.25, 0.3) is 5.91 Å². The lowest BCUT2D eigenvalue weighted by Crippen LogP contribution is -2.65. The van der Waals surface area contributed by atoms with Crippen molar-refractivity contribution in [3.8, 4) is 16.9 Å². The first-order chi connectivity index (χ1) is 21.8. The van der Waals surface area contributed by atoms with E-state index in [0.29, 0.717) is 11.5 Å². The number of rotatable bonds is 7. The van der Waals surface area contributed by atoms with Gasteiger partial charge in [0, 0.05) is 11.5 Å². The molecule has 2 aromatic carbocycles. The minimum atomic E-state index is -2.65. The number of carbonyl (C=O) groups is 3. The molecule has 0 radical (unpaired) electrons. The fraction of sp³-hybridized carbons (Fsp3) is 0.486. The summed E-state index contributed by atoms with van der Waals surface area (Å²) in [5.41, 5.74) is 5.50. The van der Waals surface area contributed by atoms with Crippen LogP contribution in [0.3, 0.4) is 0 Å². The number of phenolic OH excluding ortho intramolecular Hbond substituents is 1. The molecule has 9 heteroatoms. The predicted octanol–water partition coefficient (Wildman–Crippen LogP) is 4.78. The number of ketones is 2. The van der Waals surface area contributed by atoms with E-state index in [-0.39, 0.29) is 29.7 Å². The number of aliphatic hydroxyl groups excluding tert-OH is 2. The van der Waals surface area contributed by atoms with Crippen LogP contribution in [0.25, 0.3) is 16.9 Å². The van der Waals surface area contributed by atoms with Crippen LogP contribution < -0.4 is 5.73 Å². The normalized spacial score (nSPS) is 27.4. The molecule has 0 aliphatic heterocycles. The van der Waals surface area contributed by atoms with E-state index in [1.54, 1.807) is 20.2 Å². The van der Waals surface area contributed by atoms with Gasteiger partial charge >= 0.3 is 0 Å². The van der Waals surface area contributed by atoms with E-state index < -0.39 is 58.0 Å². The molecule has 0 heterocycles. The molecule has 244 valence electrons. The number of fused-ring (bicyclic) bond motifs is 3. The third kappa shape index (κ3) is 5.14. The minimum Gasteiger partial charge on any atom is -0.508 e. The Labute approximate surface area is 269 Å². The molecule has 0 aromatic heterocycles. The lowest BCUT2D eigenvalue weighted by atomic mass is 9.57. The Morgan fingerprint density at radius 3 is 2.33 bits per heavy atom. The average Bonchev–Trinajstić information content (AvgIpc) is 3.00. The molecule has 4 aliphatic carbocycles. The van der Waals surface area contributed by atoms with Gasteiger partial charge in [-0.25, -0.2) is 0 Å². The maximum absolute atomic E-state index is 14.1. The van der Waals surface area contributed by atoms with Crippen LogP contribution in [-0.2, 0) is 27.2 Å². The van der Waals surface area contributed by atoms with Crippen molar-refractivity contribution in [2.45, 2.75) is 76.4 Å². The van der Waals surface area contributed by atoms with Gasteiger partial charge < -0.3 is 26.2 Å². The number of aromatic hydroxyl groups is 1. The van der Waals surface area contributed by atoms with E-state index in [1.807, 2.05) is 12.1 Å². The third-order valence-corrected chi connectivity index (χ3v) is 10.9.